The van der Waals surface area contributed by atoms with Crippen molar-refractivity contribution in [3.05, 3.63) is 0 Å². The van der Waals surface area contributed by atoms with Gasteiger partial charge in [0.25, 0.3) is 0 Å². The summed E-state index contributed by atoms with van der Waals surface area (Å²) in [5.41, 5.74) is 0.345. The molecule has 0 aromatic carbocycles. The summed E-state index contributed by atoms with van der Waals surface area (Å²) >= 11 is 0. The van der Waals surface area contributed by atoms with Crippen LogP contribution in [0, 0.1) is 23.2 Å². The van der Waals surface area contributed by atoms with Gasteiger partial charge in [-0.05, 0) is 49.5 Å². The lowest BCUT2D eigenvalue weighted by Gasteiger charge is -2.42. The molecule has 1 heterocycles. The highest BCUT2D eigenvalue weighted by atomic mass is 16.1. The van der Waals surface area contributed by atoms with E-state index in [1.165, 1.54) is 19.3 Å². The Morgan fingerprint density at radius 3 is 2.58 bits per heavy atom. The van der Waals surface area contributed by atoms with Crippen molar-refractivity contribution < 1.29 is 4.79 Å². The van der Waals surface area contributed by atoms with Gasteiger partial charge in [0.2, 0.25) is 0 Å². The first-order valence-corrected chi connectivity index (χ1v) is 8.18. The molecule has 0 spiro atoms. The molecule has 1 aliphatic heterocycles. The van der Waals surface area contributed by atoms with E-state index >= 15 is 0 Å². The van der Waals surface area contributed by atoms with Crippen LogP contribution in [0.15, 0.2) is 0 Å². The maximum absolute atomic E-state index is 12.3. The number of hydrogen-bond acceptors (Lipinski definition) is 2. The normalized spacial score (nSPS) is 37.4. The number of carbonyl (C=O) groups is 1. The Bertz CT molecular complexity index is 318. The highest BCUT2D eigenvalue weighted by molar-refractivity contribution is 5.82. The van der Waals surface area contributed by atoms with Gasteiger partial charge in [0.15, 0.2) is 0 Å². The van der Waals surface area contributed by atoms with Crippen LogP contribution in [-0.2, 0) is 4.79 Å². The van der Waals surface area contributed by atoms with Crippen molar-refractivity contribution in [3.8, 4) is 0 Å². The molecule has 2 heteroatoms. The predicted octanol–water partition coefficient (Wildman–Crippen LogP) is 3.80. The highest BCUT2D eigenvalue weighted by Gasteiger charge is 2.39. The molecule has 1 saturated carbocycles. The van der Waals surface area contributed by atoms with Crippen molar-refractivity contribution in [1.29, 1.82) is 0 Å². The van der Waals surface area contributed by atoms with E-state index in [9.17, 15) is 4.79 Å². The van der Waals surface area contributed by atoms with Crippen LogP contribution in [0.25, 0.3) is 0 Å². The quantitative estimate of drug-likeness (QED) is 0.823. The van der Waals surface area contributed by atoms with Crippen LogP contribution in [0.1, 0.15) is 66.2 Å². The third kappa shape index (κ3) is 3.59. The Hall–Kier alpha value is -0.370. The summed E-state index contributed by atoms with van der Waals surface area (Å²) in [7, 11) is 0. The van der Waals surface area contributed by atoms with Gasteiger partial charge in [-0.25, -0.2) is 0 Å². The molecule has 2 fully saturated rings. The summed E-state index contributed by atoms with van der Waals surface area (Å²) in [4.78, 5) is 12.3. The van der Waals surface area contributed by atoms with E-state index < -0.39 is 0 Å². The first kappa shape index (κ1) is 15.0. The molecule has 2 rings (SSSR count). The topological polar surface area (TPSA) is 29.1 Å². The van der Waals surface area contributed by atoms with Gasteiger partial charge in [-0.15, -0.1) is 0 Å². The Morgan fingerprint density at radius 2 is 1.95 bits per heavy atom. The minimum atomic E-state index is 0.285. The maximum atomic E-state index is 12.3. The Balaban J connectivity index is 2.02. The number of piperidine rings is 1. The van der Waals surface area contributed by atoms with E-state index in [0.717, 1.165) is 31.7 Å². The van der Waals surface area contributed by atoms with Crippen molar-refractivity contribution >= 4 is 5.78 Å². The van der Waals surface area contributed by atoms with E-state index in [0.29, 0.717) is 23.2 Å². The second-order valence-electron chi connectivity index (χ2n) is 7.77. The number of ketones is 1. The lowest BCUT2D eigenvalue weighted by Crippen LogP contribution is -2.48. The molecule has 2 aliphatic rings. The molecule has 4 atom stereocenters. The van der Waals surface area contributed by atoms with E-state index in [1.54, 1.807) is 0 Å². The fourth-order valence-corrected chi connectivity index (χ4v) is 3.94. The summed E-state index contributed by atoms with van der Waals surface area (Å²) < 4.78 is 0. The van der Waals surface area contributed by atoms with Crippen LogP contribution >= 0.6 is 0 Å². The highest BCUT2D eigenvalue weighted by Crippen LogP contribution is 2.41. The smallest absolute Gasteiger partial charge is 0.137 e. The summed E-state index contributed by atoms with van der Waals surface area (Å²) in [5, 5.41) is 3.63. The van der Waals surface area contributed by atoms with Gasteiger partial charge in [-0.2, -0.15) is 0 Å². The van der Waals surface area contributed by atoms with Gasteiger partial charge in [-0.1, -0.05) is 34.1 Å². The second kappa shape index (κ2) is 5.95. The van der Waals surface area contributed by atoms with Crippen molar-refractivity contribution in [1.82, 2.24) is 5.32 Å². The average Bonchev–Trinajstić information content (AvgIpc) is 2.38. The summed E-state index contributed by atoms with van der Waals surface area (Å²) in [5.74, 6) is 2.34. The zero-order valence-electron chi connectivity index (χ0n) is 13.2. The molecule has 0 radical (unpaired) electrons. The van der Waals surface area contributed by atoms with Gasteiger partial charge in [0, 0.05) is 18.4 Å². The molecule has 110 valence electrons. The second-order valence-corrected chi connectivity index (χ2v) is 7.77. The molecular weight excluding hydrogens is 234 g/mol. The van der Waals surface area contributed by atoms with Crippen LogP contribution in [-0.4, -0.2) is 18.4 Å². The van der Waals surface area contributed by atoms with E-state index in [4.69, 9.17) is 0 Å². The molecule has 0 aromatic heterocycles. The predicted molar refractivity (Wildman–Crippen MR) is 80.1 cm³/mol. The first-order valence-electron chi connectivity index (χ1n) is 8.18. The molecule has 1 saturated heterocycles. The van der Waals surface area contributed by atoms with Gasteiger partial charge < -0.3 is 5.32 Å². The largest absolute Gasteiger partial charge is 0.313 e. The molecule has 0 aromatic rings. The van der Waals surface area contributed by atoms with Gasteiger partial charge in [0.05, 0.1) is 0 Å². The third-order valence-corrected chi connectivity index (χ3v) is 5.53. The van der Waals surface area contributed by atoms with Crippen LogP contribution in [0.5, 0.6) is 0 Å². The molecule has 1 N–H and O–H groups in total. The number of Topliss-reactive ketones (excluding diaryl/α,β-unsaturated/α-hetero) is 1. The van der Waals surface area contributed by atoms with Crippen molar-refractivity contribution in [2.24, 2.45) is 23.2 Å². The number of nitrogens with one attached hydrogen (secondary N) is 1. The lowest BCUT2D eigenvalue weighted by atomic mass is 9.66. The van der Waals surface area contributed by atoms with Crippen LogP contribution in [0.2, 0.25) is 0 Å². The fourth-order valence-electron chi connectivity index (χ4n) is 3.94. The van der Waals surface area contributed by atoms with E-state index in [-0.39, 0.29) is 5.92 Å². The Kier molecular flexibility index (Phi) is 4.70. The fraction of sp³-hybridized carbons (Fsp3) is 0.941. The van der Waals surface area contributed by atoms with E-state index in [2.05, 4.69) is 33.0 Å². The van der Waals surface area contributed by atoms with Crippen molar-refractivity contribution in [2.45, 2.75) is 72.3 Å². The molecule has 4 unspecified atom stereocenters. The van der Waals surface area contributed by atoms with Crippen LogP contribution in [0.3, 0.4) is 0 Å². The monoisotopic (exact) mass is 265 g/mol. The molecule has 0 amide bonds. The van der Waals surface area contributed by atoms with Gasteiger partial charge in [0.1, 0.15) is 5.78 Å². The van der Waals surface area contributed by atoms with Crippen LogP contribution in [0.4, 0.5) is 0 Å². The minimum Gasteiger partial charge on any atom is -0.313 e. The third-order valence-electron chi connectivity index (χ3n) is 5.53. The SMILES string of the molecule is CCC1CCNC(C2CC(C(C)(C)C)CCC2=O)C1. The number of hydrogen-bond donors (Lipinski definition) is 1. The van der Waals surface area contributed by atoms with Gasteiger partial charge >= 0.3 is 0 Å². The minimum absolute atomic E-state index is 0.285. The molecule has 0 bridgehead atoms. The Labute approximate surface area is 118 Å². The molecule has 1 aliphatic carbocycles. The summed E-state index contributed by atoms with van der Waals surface area (Å²) in [6, 6.07) is 0.455. The maximum Gasteiger partial charge on any atom is 0.137 e. The summed E-state index contributed by atoms with van der Waals surface area (Å²) in [6.45, 7) is 10.4. The average molecular weight is 265 g/mol. The number of carbonyl (C=O) groups excluding carboxylic acids is 1. The van der Waals surface area contributed by atoms with E-state index in [1.807, 2.05) is 0 Å². The molecular formula is C17H31NO. The Morgan fingerprint density at radius 1 is 1.21 bits per heavy atom. The molecule has 2 nitrogen and oxygen atoms in total. The number of rotatable bonds is 2. The van der Waals surface area contributed by atoms with Gasteiger partial charge in [-0.3, -0.25) is 4.79 Å². The summed E-state index contributed by atoms with van der Waals surface area (Å²) in [6.07, 6.45) is 6.78. The zero-order chi connectivity index (χ0) is 14.0. The first-order chi connectivity index (χ1) is 8.91. The zero-order valence-corrected chi connectivity index (χ0v) is 13.2. The lowest BCUT2D eigenvalue weighted by molar-refractivity contribution is -0.128. The molecule has 19 heavy (non-hydrogen) atoms. The van der Waals surface area contributed by atoms with Crippen molar-refractivity contribution in [2.75, 3.05) is 6.54 Å². The van der Waals surface area contributed by atoms with Crippen LogP contribution < -0.4 is 5.32 Å². The standard InChI is InChI=1S/C17H31NO/c1-5-12-8-9-18-15(10-12)14-11-13(17(2,3)4)6-7-16(14)19/h12-15,18H,5-11H2,1-4H3. The van der Waals surface area contributed by atoms with Crippen molar-refractivity contribution in [3.63, 3.8) is 0 Å².